The normalized spacial score (nSPS) is 16.1. The Hall–Kier alpha value is -1.84. The van der Waals surface area contributed by atoms with E-state index in [1.165, 1.54) is 16.7 Å². The summed E-state index contributed by atoms with van der Waals surface area (Å²) >= 11 is 0. The summed E-state index contributed by atoms with van der Waals surface area (Å²) in [7, 11) is 0. The minimum absolute atomic E-state index is 0.355. The number of β-amino-alcohol motifs (C(OH)–C–C–N with tert-alkyl or cyclic N) is 1. The van der Waals surface area contributed by atoms with Gasteiger partial charge in [-0.25, -0.2) is 0 Å². The fraction of sp³-hybridized carbons (Fsp3) is 0.368. The van der Waals surface area contributed by atoms with Crippen molar-refractivity contribution in [1.82, 2.24) is 4.90 Å². The Morgan fingerprint density at radius 3 is 2.59 bits per heavy atom. The Labute approximate surface area is 132 Å². The molecule has 1 heterocycles. The lowest BCUT2D eigenvalue weighted by Crippen LogP contribution is -2.39. The number of anilines is 1. The molecule has 0 spiro atoms. The Morgan fingerprint density at radius 2 is 1.82 bits per heavy atom. The number of hydrogen-bond acceptors (Lipinski definition) is 3. The lowest BCUT2D eigenvalue weighted by Gasteiger charge is -2.30. The molecule has 0 fully saturated rings. The van der Waals surface area contributed by atoms with Crippen LogP contribution in [0.15, 0.2) is 48.5 Å². The number of rotatable bonds is 5. The van der Waals surface area contributed by atoms with Crippen molar-refractivity contribution in [2.75, 3.05) is 25.0 Å². The molecule has 0 aromatic heterocycles. The van der Waals surface area contributed by atoms with Gasteiger partial charge < -0.3 is 10.4 Å². The van der Waals surface area contributed by atoms with Crippen LogP contribution in [0, 0.1) is 6.92 Å². The topological polar surface area (TPSA) is 35.5 Å². The molecule has 2 aromatic carbocycles. The molecule has 0 saturated heterocycles. The van der Waals surface area contributed by atoms with Crippen LogP contribution in [0.3, 0.4) is 0 Å². The van der Waals surface area contributed by atoms with E-state index in [9.17, 15) is 5.11 Å². The second-order valence-electron chi connectivity index (χ2n) is 6.15. The van der Waals surface area contributed by atoms with E-state index in [4.69, 9.17) is 0 Å². The van der Waals surface area contributed by atoms with Gasteiger partial charge in [0.15, 0.2) is 0 Å². The maximum Gasteiger partial charge on any atom is 0.0839 e. The van der Waals surface area contributed by atoms with Gasteiger partial charge >= 0.3 is 0 Å². The van der Waals surface area contributed by atoms with Gasteiger partial charge in [-0.2, -0.15) is 0 Å². The summed E-state index contributed by atoms with van der Waals surface area (Å²) in [5, 5.41) is 13.6. The third-order valence-corrected chi connectivity index (χ3v) is 4.27. The van der Waals surface area contributed by atoms with Crippen molar-refractivity contribution in [3.8, 4) is 0 Å². The molecule has 116 valence electrons. The number of benzene rings is 2. The highest BCUT2D eigenvalue weighted by Gasteiger charge is 2.18. The molecular formula is C19H24N2O. The third kappa shape index (κ3) is 3.87. The van der Waals surface area contributed by atoms with E-state index >= 15 is 0 Å². The maximum absolute atomic E-state index is 10.3. The second-order valence-corrected chi connectivity index (χ2v) is 6.15. The lowest BCUT2D eigenvalue weighted by molar-refractivity contribution is 0.114. The largest absolute Gasteiger partial charge is 0.390 e. The third-order valence-electron chi connectivity index (χ3n) is 4.27. The smallest absolute Gasteiger partial charge is 0.0839 e. The van der Waals surface area contributed by atoms with Crippen LogP contribution >= 0.6 is 0 Å². The first-order valence-corrected chi connectivity index (χ1v) is 7.98. The highest BCUT2D eigenvalue weighted by Crippen LogP contribution is 2.18. The van der Waals surface area contributed by atoms with Gasteiger partial charge in [0, 0.05) is 31.9 Å². The van der Waals surface area contributed by atoms with Crippen LogP contribution in [0.25, 0.3) is 0 Å². The van der Waals surface area contributed by atoms with Crippen LogP contribution in [-0.4, -0.2) is 35.7 Å². The number of aliphatic hydroxyl groups excluding tert-OH is 1. The summed E-state index contributed by atoms with van der Waals surface area (Å²) in [5.41, 5.74) is 5.16. The average Bonchev–Trinajstić information content (AvgIpc) is 2.54. The summed E-state index contributed by atoms with van der Waals surface area (Å²) < 4.78 is 0. The van der Waals surface area contributed by atoms with Crippen LogP contribution in [0.1, 0.15) is 16.7 Å². The number of aliphatic hydroxyl groups is 1. The molecule has 0 saturated carbocycles. The Bertz CT molecular complexity index is 609. The maximum atomic E-state index is 10.3. The first kappa shape index (κ1) is 15.1. The molecule has 1 aliphatic rings. The standard InChI is InChI=1S/C19H24N2O/c1-15-6-8-18(9-7-15)20-12-19(22)14-21-11-10-16-4-2-3-5-17(16)13-21/h2-9,19-20,22H,10-14H2,1H3. The van der Waals surface area contributed by atoms with Crippen LogP contribution in [0.5, 0.6) is 0 Å². The summed E-state index contributed by atoms with van der Waals surface area (Å²) in [4.78, 5) is 2.34. The summed E-state index contributed by atoms with van der Waals surface area (Å²) in [6.07, 6.45) is 0.723. The molecule has 1 aliphatic heterocycles. The molecular weight excluding hydrogens is 272 g/mol. The van der Waals surface area contributed by atoms with E-state index in [0.29, 0.717) is 13.1 Å². The monoisotopic (exact) mass is 296 g/mol. The molecule has 1 atom stereocenters. The highest BCUT2D eigenvalue weighted by atomic mass is 16.3. The van der Waals surface area contributed by atoms with Crippen molar-refractivity contribution < 1.29 is 5.11 Å². The number of aryl methyl sites for hydroxylation is 1. The van der Waals surface area contributed by atoms with E-state index in [2.05, 4.69) is 65.7 Å². The molecule has 2 N–H and O–H groups in total. The van der Waals surface area contributed by atoms with Crippen molar-refractivity contribution in [2.24, 2.45) is 0 Å². The Balaban J connectivity index is 1.48. The van der Waals surface area contributed by atoms with Gasteiger partial charge in [0.05, 0.1) is 6.10 Å². The quantitative estimate of drug-likeness (QED) is 0.890. The van der Waals surface area contributed by atoms with E-state index in [1.807, 2.05) is 0 Å². The van der Waals surface area contributed by atoms with Gasteiger partial charge in [-0.1, -0.05) is 42.0 Å². The molecule has 3 rings (SSSR count). The molecule has 0 bridgehead atoms. The predicted molar refractivity (Wildman–Crippen MR) is 91.1 cm³/mol. The fourth-order valence-electron chi connectivity index (χ4n) is 2.98. The van der Waals surface area contributed by atoms with Crippen molar-refractivity contribution in [2.45, 2.75) is 26.0 Å². The van der Waals surface area contributed by atoms with Gasteiger partial charge in [0.1, 0.15) is 0 Å². The zero-order valence-corrected chi connectivity index (χ0v) is 13.1. The minimum Gasteiger partial charge on any atom is -0.390 e. The number of nitrogens with zero attached hydrogens (tertiary/aromatic N) is 1. The average molecular weight is 296 g/mol. The van der Waals surface area contributed by atoms with Crippen LogP contribution in [-0.2, 0) is 13.0 Å². The first-order valence-electron chi connectivity index (χ1n) is 7.98. The molecule has 22 heavy (non-hydrogen) atoms. The van der Waals surface area contributed by atoms with E-state index < -0.39 is 0 Å². The molecule has 2 aromatic rings. The summed E-state index contributed by atoms with van der Waals surface area (Å²) in [5.74, 6) is 0. The van der Waals surface area contributed by atoms with Crippen LogP contribution in [0.2, 0.25) is 0 Å². The van der Waals surface area contributed by atoms with Crippen molar-refractivity contribution in [3.63, 3.8) is 0 Å². The zero-order valence-electron chi connectivity index (χ0n) is 13.1. The first-order chi connectivity index (χ1) is 10.7. The van der Waals surface area contributed by atoms with Gasteiger partial charge in [-0.15, -0.1) is 0 Å². The van der Waals surface area contributed by atoms with E-state index in [1.54, 1.807) is 0 Å². The zero-order chi connectivity index (χ0) is 15.4. The molecule has 1 unspecified atom stereocenters. The van der Waals surface area contributed by atoms with E-state index in [0.717, 1.165) is 25.2 Å². The molecule has 0 radical (unpaired) electrons. The van der Waals surface area contributed by atoms with Crippen molar-refractivity contribution in [1.29, 1.82) is 0 Å². The number of nitrogens with one attached hydrogen (secondary N) is 1. The number of hydrogen-bond donors (Lipinski definition) is 2. The van der Waals surface area contributed by atoms with Crippen molar-refractivity contribution in [3.05, 3.63) is 65.2 Å². The van der Waals surface area contributed by atoms with Gasteiger partial charge in [-0.05, 0) is 36.6 Å². The fourth-order valence-corrected chi connectivity index (χ4v) is 2.98. The Morgan fingerprint density at radius 1 is 1.09 bits per heavy atom. The molecule has 0 aliphatic carbocycles. The summed E-state index contributed by atoms with van der Waals surface area (Å²) in [6, 6.07) is 16.9. The van der Waals surface area contributed by atoms with Crippen LogP contribution < -0.4 is 5.32 Å². The number of fused-ring (bicyclic) bond motifs is 1. The van der Waals surface area contributed by atoms with Gasteiger partial charge in [0.25, 0.3) is 0 Å². The predicted octanol–water partition coefficient (Wildman–Crippen LogP) is 2.83. The SMILES string of the molecule is Cc1ccc(NCC(O)CN2CCc3ccccc3C2)cc1. The minimum atomic E-state index is -0.355. The molecule has 0 amide bonds. The molecule has 3 heteroatoms. The van der Waals surface area contributed by atoms with Crippen LogP contribution in [0.4, 0.5) is 5.69 Å². The van der Waals surface area contributed by atoms with Crippen molar-refractivity contribution >= 4 is 5.69 Å². The lowest BCUT2D eigenvalue weighted by atomic mass is 10.00. The highest BCUT2D eigenvalue weighted by molar-refractivity contribution is 5.44. The molecule has 3 nitrogen and oxygen atoms in total. The van der Waals surface area contributed by atoms with Gasteiger partial charge in [-0.3, -0.25) is 4.90 Å². The van der Waals surface area contributed by atoms with Gasteiger partial charge in [0.2, 0.25) is 0 Å². The summed E-state index contributed by atoms with van der Waals surface area (Å²) in [6.45, 7) is 5.34. The second kappa shape index (κ2) is 6.95. The Kier molecular flexibility index (Phi) is 4.76. The van der Waals surface area contributed by atoms with E-state index in [-0.39, 0.29) is 6.10 Å².